The molecule has 2 nitrogen and oxygen atoms in total. The summed E-state index contributed by atoms with van der Waals surface area (Å²) < 4.78 is 47.1. The van der Waals surface area contributed by atoms with Crippen molar-refractivity contribution in [3.63, 3.8) is 0 Å². The van der Waals surface area contributed by atoms with Crippen LogP contribution in [0.15, 0.2) is 47.0 Å². The molecule has 2 aromatic carbocycles. The zero-order chi connectivity index (χ0) is 23.6. The first-order valence-corrected chi connectivity index (χ1v) is 9.16. The molecular formula is C25H27NO. The Morgan fingerprint density at radius 3 is 2.44 bits per heavy atom. The highest BCUT2D eigenvalue weighted by Gasteiger charge is 2.19. The van der Waals surface area contributed by atoms with Crippen LogP contribution in [0.25, 0.3) is 33.2 Å². The van der Waals surface area contributed by atoms with Crippen molar-refractivity contribution in [2.45, 2.75) is 53.3 Å². The van der Waals surface area contributed by atoms with E-state index in [4.69, 9.17) is 11.3 Å². The number of rotatable bonds is 3. The Kier molecular flexibility index (Phi) is 3.07. The number of aromatic nitrogens is 1. The summed E-state index contributed by atoms with van der Waals surface area (Å²) in [6.07, 6.45) is 1.36. The lowest BCUT2D eigenvalue weighted by Crippen LogP contribution is -1.96. The molecular weight excluding hydrogens is 330 g/mol. The molecule has 27 heavy (non-hydrogen) atoms. The van der Waals surface area contributed by atoms with Crippen molar-refractivity contribution in [1.82, 2.24) is 4.98 Å². The van der Waals surface area contributed by atoms with E-state index >= 15 is 0 Å². The van der Waals surface area contributed by atoms with Crippen molar-refractivity contribution in [3.05, 3.63) is 64.8 Å². The van der Waals surface area contributed by atoms with E-state index in [0.29, 0.717) is 22.4 Å². The number of pyridine rings is 1. The van der Waals surface area contributed by atoms with E-state index in [1.54, 1.807) is 19.9 Å². The van der Waals surface area contributed by atoms with Gasteiger partial charge in [0, 0.05) is 29.4 Å². The summed E-state index contributed by atoms with van der Waals surface area (Å²) in [4.78, 5) is 4.47. The third kappa shape index (κ3) is 2.84. The fourth-order valence-electron chi connectivity index (χ4n) is 3.68. The van der Waals surface area contributed by atoms with Gasteiger partial charge in [-0.05, 0) is 60.0 Å². The Labute approximate surface area is 168 Å². The fourth-order valence-corrected chi connectivity index (χ4v) is 3.68. The van der Waals surface area contributed by atoms with Crippen LogP contribution >= 0.6 is 0 Å². The Balaban J connectivity index is 2.09. The smallest absolute Gasteiger partial charge is 0.145 e. The molecule has 0 aliphatic carbocycles. The Bertz CT molecular complexity index is 1340. The van der Waals surface area contributed by atoms with Crippen LogP contribution in [-0.4, -0.2) is 4.98 Å². The molecule has 0 atom stereocenters. The zero-order valence-electron chi connectivity index (χ0n) is 21.4. The van der Waals surface area contributed by atoms with Crippen LogP contribution < -0.4 is 0 Å². The number of furan rings is 1. The molecule has 0 saturated heterocycles. The van der Waals surface area contributed by atoms with E-state index in [1.165, 1.54) is 6.20 Å². The van der Waals surface area contributed by atoms with Crippen molar-refractivity contribution in [2.75, 3.05) is 0 Å². The first-order valence-electron chi connectivity index (χ1n) is 11.7. The predicted molar refractivity (Wildman–Crippen MR) is 115 cm³/mol. The minimum atomic E-state index is -2.36. The molecule has 0 aliphatic rings. The number of para-hydroxylation sites is 1. The molecule has 0 bridgehead atoms. The summed E-state index contributed by atoms with van der Waals surface area (Å²) in [5.74, 6) is -1.96. The molecule has 0 radical (unpaired) electrons. The maximum atomic E-state index is 8.67. The summed E-state index contributed by atoms with van der Waals surface area (Å²) in [5.41, 5.74) is 4.98. The highest BCUT2D eigenvalue weighted by molar-refractivity contribution is 6.11. The summed E-state index contributed by atoms with van der Waals surface area (Å²) in [6, 6.07) is 11.5. The molecule has 0 unspecified atom stereocenters. The van der Waals surface area contributed by atoms with Crippen LogP contribution in [0, 0.1) is 13.8 Å². The molecule has 0 saturated carbocycles. The van der Waals surface area contributed by atoms with Crippen molar-refractivity contribution >= 4 is 21.9 Å². The van der Waals surface area contributed by atoms with Crippen molar-refractivity contribution < 1.29 is 11.3 Å². The predicted octanol–water partition coefficient (Wildman–Crippen LogP) is 7.51. The second-order valence-corrected chi connectivity index (χ2v) is 7.53. The lowest BCUT2D eigenvalue weighted by molar-refractivity contribution is 0.666. The van der Waals surface area contributed by atoms with Gasteiger partial charge in [-0.2, -0.15) is 0 Å². The maximum absolute atomic E-state index is 8.67. The molecule has 0 N–H and O–H groups in total. The van der Waals surface area contributed by atoms with Crippen LogP contribution in [0.2, 0.25) is 0 Å². The summed E-state index contributed by atoms with van der Waals surface area (Å²) >= 11 is 0. The standard InChI is InChI=1S/C25H27NO/c1-14(2)18-10-11-19(22-12-21(15(3)4)17(6)13-26-22)25-23(18)20-9-7-8-16(5)24(20)27-25/h7-15H,1-6H3/i6D3,14D,15D. The van der Waals surface area contributed by atoms with Gasteiger partial charge >= 0.3 is 0 Å². The van der Waals surface area contributed by atoms with Crippen molar-refractivity contribution in [3.8, 4) is 11.3 Å². The van der Waals surface area contributed by atoms with E-state index < -0.39 is 18.6 Å². The lowest BCUT2D eigenvalue weighted by atomic mass is 9.92. The van der Waals surface area contributed by atoms with Gasteiger partial charge in [0.15, 0.2) is 0 Å². The van der Waals surface area contributed by atoms with Gasteiger partial charge < -0.3 is 4.42 Å². The molecule has 4 aromatic rings. The zero-order valence-corrected chi connectivity index (χ0v) is 16.4. The van der Waals surface area contributed by atoms with E-state index in [0.717, 1.165) is 27.5 Å². The molecule has 0 aliphatic heterocycles. The molecule has 138 valence electrons. The van der Waals surface area contributed by atoms with Gasteiger partial charge in [0.05, 0.1) is 5.69 Å². The third-order valence-corrected chi connectivity index (χ3v) is 5.10. The van der Waals surface area contributed by atoms with Gasteiger partial charge in [0.25, 0.3) is 0 Å². The van der Waals surface area contributed by atoms with Gasteiger partial charge in [-0.25, -0.2) is 0 Å². The van der Waals surface area contributed by atoms with Gasteiger partial charge in [-0.1, -0.05) is 52.0 Å². The summed E-state index contributed by atoms with van der Waals surface area (Å²) in [5, 5.41) is 1.81. The van der Waals surface area contributed by atoms with Gasteiger partial charge in [0.2, 0.25) is 0 Å². The second kappa shape index (κ2) is 6.53. The highest BCUT2D eigenvalue weighted by Crippen LogP contribution is 2.41. The Morgan fingerprint density at radius 1 is 0.963 bits per heavy atom. The largest absolute Gasteiger partial charge is 0.455 e. The molecule has 0 spiro atoms. The first-order chi connectivity index (χ1) is 14.7. The number of benzene rings is 2. The molecule has 0 fully saturated rings. The third-order valence-electron chi connectivity index (χ3n) is 5.10. The summed E-state index contributed by atoms with van der Waals surface area (Å²) in [7, 11) is 0. The maximum Gasteiger partial charge on any atom is 0.145 e. The number of aryl methyl sites for hydroxylation is 2. The Hall–Kier alpha value is -2.61. The molecule has 2 heterocycles. The first kappa shape index (κ1) is 12.7. The molecule has 0 amide bonds. The lowest BCUT2D eigenvalue weighted by Gasteiger charge is -2.13. The van der Waals surface area contributed by atoms with Crippen molar-refractivity contribution in [2.24, 2.45) is 0 Å². The average molecular weight is 363 g/mol. The van der Waals surface area contributed by atoms with Crippen LogP contribution in [0.4, 0.5) is 0 Å². The number of hydrogen-bond donors (Lipinski definition) is 0. The van der Waals surface area contributed by atoms with Crippen LogP contribution in [0.5, 0.6) is 0 Å². The molecule has 2 aromatic heterocycles. The van der Waals surface area contributed by atoms with Crippen LogP contribution in [0.1, 0.15) is 68.6 Å². The fraction of sp³-hybridized carbons (Fsp3) is 0.320. The van der Waals surface area contributed by atoms with Crippen LogP contribution in [-0.2, 0) is 0 Å². The van der Waals surface area contributed by atoms with Gasteiger partial charge in [0.1, 0.15) is 11.2 Å². The normalized spacial score (nSPS) is 16.0. The highest BCUT2D eigenvalue weighted by atomic mass is 16.3. The number of hydrogen-bond acceptors (Lipinski definition) is 2. The average Bonchev–Trinajstić information content (AvgIpc) is 3.05. The van der Waals surface area contributed by atoms with Crippen molar-refractivity contribution in [1.29, 1.82) is 0 Å². The van der Waals surface area contributed by atoms with E-state index in [1.807, 2.05) is 51.1 Å². The summed E-state index contributed by atoms with van der Waals surface area (Å²) in [6.45, 7) is 6.67. The number of fused-ring (bicyclic) bond motifs is 3. The SMILES string of the molecule is [2H]C([2H])([2H])c1cnc(-c2ccc(C([2H])(C)C)c3c2oc2c(C)cccc23)cc1C([2H])(C)C. The minimum Gasteiger partial charge on any atom is -0.455 e. The number of nitrogens with zero attached hydrogens (tertiary/aromatic N) is 1. The van der Waals surface area contributed by atoms with E-state index in [9.17, 15) is 0 Å². The van der Waals surface area contributed by atoms with E-state index in [-0.39, 0.29) is 5.56 Å². The monoisotopic (exact) mass is 362 g/mol. The molecule has 4 rings (SSSR count). The van der Waals surface area contributed by atoms with E-state index in [2.05, 4.69) is 4.98 Å². The molecule has 2 heteroatoms. The Morgan fingerprint density at radius 2 is 1.74 bits per heavy atom. The van der Waals surface area contributed by atoms with Gasteiger partial charge in [-0.15, -0.1) is 0 Å². The quantitative estimate of drug-likeness (QED) is 0.377. The minimum absolute atomic E-state index is 0.0851. The van der Waals surface area contributed by atoms with Gasteiger partial charge in [-0.3, -0.25) is 4.98 Å². The topological polar surface area (TPSA) is 26.0 Å². The van der Waals surface area contributed by atoms with Crippen LogP contribution in [0.3, 0.4) is 0 Å². The second-order valence-electron chi connectivity index (χ2n) is 7.53.